The number of aryl methyl sites for hydroxylation is 1. The molecule has 1 aliphatic heterocycles. The number of imidazole rings is 1. The number of piperidine rings is 1. The van der Waals surface area contributed by atoms with Crippen LogP contribution in [0.5, 0.6) is 0 Å². The van der Waals surface area contributed by atoms with Crippen LogP contribution in [0.1, 0.15) is 60.8 Å². The van der Waals surface area contributed by atoms with Gasteiger partial charge in [0, 0.05) is 37.0 Å². The van der Waals surface area contributed by atoms with E-state index in [-0.39, 0.29) is 11.8 Å². The first kappa shape index (κ1) is 17.7. The van der Waals surface area contributed by atoms with Crippen molar-refractivity contribution in [1.82, 2.24) is 14.9 Å². The molecule has 2 N–H and O–H groups in total. The van der Waals surface area contributed by atoms with Gasteiger partial charge in [0.25, 0.3) is 5.91 Å². The van der Waals surface area contributed by atoms with E-state index in [4.69, 9.17) is 0 Å². The molecule has 0 aliphatic carbocycles. The van der Waals surface area contributed by atoms with Crippen molar-refractivity contribution in [1.29, 1.82) is 0 Å². The highest BCUT2D eigenvalue weighted by Crippen LogP contribution is 2.25. The number of H-pyrrole nitrogens is 1. The first-order valence-corrected chi connectivity index (χ1v) is 9.02. The van der Waals surface area contributed by atoms with Crippen molar-refractivity contribution in [3.63, 3.8) is 0 Å². The zero-order chi connectivity index (χ0) is 17.9. The summed E-state index contributed by atoms with van der Waals surface area (Å²) in [5.41, 5.74) is 1.13. The number of nitrogens with one attached hydrogen (secondary N) is 1. The lowest BCUT2D eigenvalue weighted by molar-refractivity contribution is 0.0704. The van der Waals surface area contributed by atoms with Crippen LogP contribution in [0.25, 0.3) is 0 Å². The van der Waals surface area contributed by atoms with Crippen molar-refractivity contribution < 1.29 is 9.90 Å². The maximum Gasteiger partial charge on any atom is 0.253 e. The van der Waals surface area contributed by atoms with Crippen LogP contribution in [0.15, 0.2) is 36.7 Å². The predicted molar refractivity (Wildman–Crippen MR) is 97.5 cm³/mol. The Labute approximate surface area is 149 Å². The smallest absolute Gasteiger partial charge is 0.253 e. The summed E-state index contributed by atoms with van der Waals surface area (Å²) in [6, 6.07) is 7.79. The van der Waals surface area contributed by atoms with Gasteiger partial charge in [0.15, 0.2) is 0 Å². The summed E-state index contributed by atoms with van der Waals surface area (Å²) in [7, 11) is 0. The molecule has 1 atom stereocenters. The quantitative estimate of drug-likeness (QED) is 0.878. The highest BCUT2D eigenvalue weighted by molar-refractivity contribution is 5.94. The van der Waals surface area contributed by atoms with Crippen LogP contribution in [0.3, 0.4) is 0 Å². The van der Waals surface area contributed by atoms with Crippen LogP contribution in [-0.4, -0.2) is 44.6 Å². The molecule has 1 aromatic carbocycles. The number of carbonyl (C=O) groups excluding carboxylic acids is 1. The zero-order valence-corrected chi connectivity index (χ0v) is 15.0. The Balaban J connectivity index is 1.68. The van der Waals surface area contributed by atoms with Gasteiger partial charge in [-0.2, -0.15) is 0 Å². The van der Waals surface area contributed by atoms with Crippen LogP contribution >= 0.6 is 0 Å². The summed E-state index contributed by atoms with van der Waals surface area (Å²) < 4.78 is 0. The van der Waals surface area contributed by atoms with Crippen molar-refractivity contribution in [3.8, 4) is 0 Å². The van der Waals surface area contributed by atoms with Crippen molar-refractivity contribution in [2.45, 2.75) is 51.0 Å². The number of carbonyl (C=O) groups is 1. The van der Waals surface area contributed by atoms with E-state index in [2.05, 4.69) is 9.97 Å². The first-order chi connectivity index (χ1) is 11.9. The molecule has 1 saturated heterocycles. The first-order valence-electron chi connectivity index (χ1n) is 9.02. The number of hydrogen-bond acceptors (Lipinski definition) is 3. The molecule has 0 radical (unpaired) electrons. The van der Waals surface area contributed by atoms with Gasteiger partial charge in [0.05, 0.1) is 5.60 Å². The maximum atomic E-state index is 12.9. The number of aromatic amines is 1. The molecule has 5 nitrogen and oxygen atoms in total. The van der Waals surface area contributed by atoms with Crippen molar-refractivity contribution in [2.75, 3.05) is 13.1 Å². The Morgan fingerprint density at radius 3 is 3.00 bits per heavy atom. The van der Waals surface area contributed by atoms with Crippen LogP contribution < -0.4 is 0 Å². The third kappa shape index (κ3) is 4.69. The molecule has 2 aromatic rings. The van der Waals surface area contributed by atoms with Gasteiger partial charge in [-0.15, -0.1) is 0 Å². The summed E-state index contributed by atoms with van der Waals surface area (Å²) in [5.74, 6) is 1.34. The lowest BCUT2D eigenvalue weighted by Gasteiger charge is -2.32. The fraction of sp³-hybridized carbons (Fsp3) is 0.500. The Morgan fingerprint density at radius 2 is 2.28 bits per heavy atom. The molecule has 1 aliphatic rings. The van der Waals surface area contributed by atoms with Gasteiger partial charge in [-0.05, 0) is 57.2 Å². The lowest BCUT2D eigenvalue weighted by atomic mass is 9.95. The van der Waals surface area contributed by atoms with Crippen LogP contribution in [-0.2, 0) is 6.42 Å². The molecule has 0 spiro atoms. The van der Waals surface area contributed by atoms with Gasteiger partial charge >= 0.3 is 0 Å². The normalized spacial score (nSPS) is 18.4. The fourth-order valence-corrected chi connectivity index (χ4v) is 3.38. The molecular weight excluding hydrogens is 314 g/mol. The van der Waals surface area contributed by atoms with E-state index in [0.717, 1.165) is 42.8 Å². The van der Waals surface area contributed by atoms with Crippen molar-refractivity contribution >= 4 is 5.91 Å². The number of nitrogens with zero attached hydrogens (tertiary/aromatic N) is 2. The predicted octanol–water partition coefficient (Wildman–Crippen LogP) is 3.13. The maximum absolute atomic E-state index is 12.9. The van der Waals surface area contributed by atoms with Crippen molar-refractivity contribution in [3.05, 3.63) is 53.6 Å². The average molecular weight is 341 g/mol. The standard InChI is InChI=1S/C20H27N3O2/c1-20(2,25)9-8-15-5-3-6-16(13-15)19(24)23-12-4-7-17(14-23)18-21-10-11-22-18/h3,5-6,10-11,13,17,25H,4,7-9,12,14H2,1-2H3,(H,21,22)/t17-/m0/s1. The van der Waals surface area contributed by atoms with Gasteiger partial charge in [-0.1, -0.05) is 12.1 Å². The number of amides is 1. The topological polar surface area (TPSA) is 69.2 Å². The minimum Gasteiger partial charge on any atom is -0.390 e. The number of likely N-dealkylation sites (tertiary alicyclic amines) is 1. The van der Waals surface area contributed by atoms with E-state index >= 15 is 0 Å². The molecule has 1 aromatic heterocycles. The lowest BCUT2D eigenvalue weighted by Crippen LogP contribution is -2.39. The Hall–Kier alpha value is -2.14. The average Bonchev–Trinajstić information content (AvgIpc) is 3.14. The van der Waals surface area contributed by atoms with Crippen LogP contribution in [0.4, 0.5) is 0 Å². The van der Waals surface area contributed by atoms with Crippen LogP contribution in [0, 0.1) is 0 Å². The van der Waals surface area contributed by atoms with E-state index in [1.165, 1.54) is 0 Å². The second-order valence-electron chi connectivity index (χ2n) is 7.58. The van der Waals surface area contributed by atoms with Gasteiger partial charge in [0.1, 0.15) is 5.82 Å². The molecular formula is C20H27N3O2. The Kier molecular flexibility index (Phi) is 5.23. The third-order valence-electron chi connectivity index (χ3n) is 4.81. The van der Waals surface area contributed by atoms with Gasteiger partial charge < -0.3 is 15.0 Å². The van der Waals surface area contributed by atoms with Gasteiger partial charge in [-0.3, -0.25) is 4.79 Å². The minimum atomic E-state index is -0.691. The molecule has 1 fully saturated rings. The number of hydrogen-bond donors (Lipinski definition) is 2. The molecule has 134 valence electrons. The highest BCUT2D eigenvalue weighted by atomic mass is 16.3. The summed E-state index contributed by atoms with van der Waals surface area (Å²) in [5, 5.41) is 9.90. The van der Waals surface area contributed by atoms with E-state index in [1.54, 1.807) is 6.20 Å². The highest BCUT2D eigenvalue weighted by Gasteiger charge is 2.26. The van der Waals surface area contributed by atoms with E-state index in [9.17, 15) is 9.90 Å². The van der Waals surface area contributed by atoms with E-state index in [0.29, 0.717) is 13.0 Å². The molecule has 25 heavy (non-hydrogen) atoms. The summed E-state index contributed by atoms with van der Waals surface area (Å²) >= 11 is 0. The monoisotopic (exact) mass is 341 g/mol. The van der Waals surface area contributed by atoms with Gasteiger partial charge in [-0.25, -0.2) is 4.98 Å². The van der Waals surface area contributed by atoms with E-state index < -0.39 is 5.60 Å². The second kappa shape index (κ2) is 7.40. The van der Waals surface area contributed by atoms with E-state index in [1.807, 2.05) is 49.2 Å². The van der Waals surface area contributed by atoms with Gasteiger partial charge in [0.2, 0.25) is 0 Å². The number of aromatic nitrogens is 2. The van der Waals surface area contributed by atoms with Crippen molar-refractivity contribution in [2.24, 2.45) is 0 Å². The summed E-state index contributed by atoms with van der Waals surface area (Å²) in [6.07, 6.45) is 7.09. The fourth-order valence-electron chi connectivity index (χ4n) is 3.38. The number of benzene rings is 1. The summed E-state index contributed by atoms with van der Waals surface area (Å²) in [4.78, 5) is 22.4. The van der Waals surface area contributed by atoms with Crippen LogP contribution in [0.2, 0.25) is 0 Å². The zero-order valence-electron chi connectivity index (χ0n) is 15.0. The Bertz CT molecular complexity index is 704. The SMILES string of the molecule is CC(C)(O)CCc1cccc(C(=O)N2CCC[C@H](c3ncc[nH]3)C2)c1. The molecule has 0 bridgehead atoms. The molecule has 0 saturated carbocycles. The molecule has 2 heterocycles. The molecule has 3 rings (SSSR count). The Morgan fingerprint density at radius 1 is 1.44 bits per heavy atom. The third-order valence-corrected chi connectivity index (χ3v) is 4.81. The molecule has 1 amide bonds. The summed E-state index contributed by atoms with van der Waals surface area (Å²) in [6.45, 7) is 5.12. The molecule has 5 heteroatoms. The minimum absolute atomic E-state index is 0.0846. The largest absolute Gasteiger partial charge is 0.390 e. The second-order valence-corrected chi connectivity index (χ2v) is 7.58. The molecule has 0 unspecified atom stereocenters. The number of rotatable bonds is 5. The number of aliphatic hydroxyl groups is 1.